The molecule has 2 heterocycles. The van der Waals surface area contributed by atoms with Crippen molar-refractivity contribution in [3.63, 3.8) is 0 Å². The number of hydrogen-bond donors (Lipinski definition) is 1. The number of nitrogens with zero attached hydrogens (tertiary/aromatic N) is 1. The molecule has 2 saturated heterocycles. The molecule has 3 atom stereocenters. The zero-order valence-electron chi connectivity index (χ0n) is 9.11. The molecule has 0 aromatic heterocycles. The molecule has 0 aromatic carbocycles. The molecule has 0 spiro atoms. The maximum absolute atomic E-state index is 11.9. The predicted octanol–water partition coefficient (Wildman–Crippen LogP) is 0.332. The number of carbonyl (C=O) groups is 1. The van der Waals surface area contributed by atoms with Crippen LogP contribution in [0.4, 0.5) is 0 Å². The van der Waals surface area contributed by atoms with Crippen LogP contribution in [0, 0.1) is 5.92 Å². The Morgan fingerprint density at radius 2 is 2.20 bits per heavy atom. The van der Waals surface area contributed by atoms with Crippen molar-refractivity contribution in [2.45, 2.75) is 44.4 Å². The molecule has 1 N–H and O–H groups in total. The van der Waals surface area contributed by atoms with Gasteiger partial charge in [0.15, 0.2) is 0 Å². The average Bonchev–Trinajstić information content (AvgIpc) is 2.88. The van der Waals surface area contributed by atoms with E-state index in [-0.39, 0.29) is 11.9 Å². The summed E-state index contributed by atoms with van der Waals surface area (Å²) in [4.78, 5) is 13.9. The van der Waals surface area contributed by atoms with E-state index in [9.17, 15) is 4.79 Å². The van der Waals surface area contributed by atoms with E-state index < -0.39 is 0 Å². The van der Waals surface area contributed by atoms with Gasteiger partial charge in [0.25, 0.3) is 0 Å². The van der Waals surface area contributed by atoms with Crippen molar-refractivity contribution in [1.29, 1.82) is 0 Å². The second kappa shape index (κ2) is 3.46. The zero-order chi connectivity index (χ0) is 10.4. The lowest BCUT2D eigenvalue weighted by Gasteiger charge is -2.27. The summed E-state index contributed by atoms with van der Waals surface area (Å²) in [6, 6.07) is 0.327. The number of hydrogen-bond acceptors (Lipinski definition) is 3. The van der Waals surface area contributed by atoms with E-state index >= 15 is 0 Å². The number of nitrogens with one attached hydrogen (secondary N) is 1. The van der Waals surface area contributed by atoms with Crippen LogP contribution in [0.2, 0.25) is 0 Å². The van der Waals surface area contributed by atoms with Crippen molar-refractivity contribution in [2.24, 2.45) is 5.92 Å². The van der Waals surface area contributed by atoms with Gasteiger partial charge in [0, 0.05) is 6.61 Å². The highest BCUT2D eigenvalue weighted by Gasteiger charge is 2.46. The van der Waals surface area contributed by atoms with E-state index in [2.05, 4.69) is 5.32 Å². The monoisotopic (exact) mass is 210 g/mol. The minimum Gasteiger partial charge on any atom is -0.376 e. The predicted molar refractivity (Wildman–Crippen MR) is 55.2 cm³/mol. The van der Waals surface area contributed by atoms with Gasteiger partial charge in [0.1, 0.15) is 0 Å². The first kappa shape index (κ1) is 9.60. The quantitative estimate of drug-likeness (QED) is 0.714. The minimum atomic E-state index is -0.00884. The second-order valence-electron chi connectivity index (χ2n) is 4.92. The van der Waals surface area contributed by atoms with Gasteiger partial charge in [-0.1, -0.05) is 0 Å². The smallest absolute Gasteiger partial charge is 0.240 e. The first-order valence-corrected chi connectivity index (χ1v) is 5.93. The third-order valence-corrected chi connectivity index (χ3v) is 3.81. The van der Waals surface area contributed by atoms with E-state index in [1.165, 1.54) is 12.8 Å². The van der Waals surface area contributed by atoms with Crippen LogP contribution in [0.15, 0.2) is 0 Å². The van der Waals surface area contributed by atoms with Crippen LogP contribution >= 0.6 is 0 Å². The van der Waals surface area contributed by atoms with Gasteiger partial charge < -0.3 is 9.64 Å². The summed E-state index contributed by atoms with van der Waals surface area (Å²) in [5.41, 5.74) is 0. The minimum absolute atomic E-state index is 0.00884. The first-order chi connectivity index (χ1) is 7.27. The summed E-state index contributed by atoms with van der Waals surface area (Å²) in [5.74, 6) is 0.970. The van der Waals surface area contributed by atoms with Gasteiger partial charge in [-0.2, -0.15) is 0 Å². The zero-order valence-corrected chi connectivity index (χ0v) is 9.11. The molecule has 2 aliphatic heterocycles. The third-order valence-electron chi connectivity index (χ3n) is 3.81. The van der Waals surface area contributed by atoms with Gasteiger partial charge in [-0.3, -0.25) is 10.1 Å². The van der Waals surface area contributed by atoms with Crippen LogP contribution in [-0.2, 0) is 9.53 Å². The topological polar surface area (TPSA) is 41.6 Å². The van der Waals surface area contributed by atoms with Gasteiger partial charge in [-0.15, -0.1) is 0 Å². The molecule has 3 aliphatic rings. The lowest BCUT2D eigenvalue weighted by molar-refractivity contribution is -0.131. The Hall–Kier alpha value is -0.610. The van der Waals surface area contributed by atoms with Gasteiger partial charge in [0.2, 0.25) is 5.91 Å². The standard InChI is InChI=1S/C11H18N2O2/c1-7-11(14)13(6-12-7)9-4-5-15-10(9)8-2-3-8/h7-10,12H,2-6H2,1H3. The summed E-state index contributed by atoms with van der Waals surface area (Å²) < 4.78 is 5.76. The Labute approximate surface area is 90.0 Å². The molecule has 4 heteroatoms. The molecule has 0 aromatic rings. The van der Waals surface area contributed by atoms with Gasteiger partial charge in [-0.25, -0.2) is 0 Å². The molecule has 15 heavy (non-hydrogen) atoms. The number of ether oxygens (including phenoxy) is 1. The largest absolute Gasteiger partial charge is 0.376 e. The van der Waals surface area contributed by atoms with E-state index in [4.69, 9.17) is 4.74 Å². The average molecular weight is 210 g/mol. The van der Waals surface area contributed by atoms with Crippen LogP contribution in [0.3, 0.4) is 0 Å². The van der Waals surface area contributed by atoms with Crippen molar-refractivity contribution in [2.75, 3.05) is 13.3 Å². The normalized spacial score (nSPS) is 41.5. The van der Waals surface area contributed by atoms with Crippen molar-refractivity contribution in [3.8, 4) is 0 Å². The molecule has 1 saturated carbocycles. The molecule has 0 bridgehead atoms. The molecule has 1 aliphatic carbocycles. The van der Waals surface area contributed by atoms with Crippen LogP contribution in [0.5, 0.6) is 0 Å². The van der Waals surface area contributed by atoms with Crippen molar-refractivity contribution < 1.29 is 9.53 Å². The highest BCUT2D eigenvalue weighted by Crippen LogP contribution is 2.40. The molecular weight excluding hydrogens is 192 g/mol. The number of rotatable bonds is 2. The van der Waals surface area contributed by atoms with Crippen LogP contribution in [-0.4, -0.2) is 42.3 Å². The Balaban J connectivity index is 1.72. The SMILES string of the molecule is CC1NCN(C2CCOC2C2CC2)C1=O. The molecule has 0 radical (unpaired) electrons. The highest BCUT2D eigenvalue weighted by atomic mass is 16.5. The second-order valence-corrected chi connectivity index (χ2v) is 4.92. The van der Waals surface area contributed by atoms with E-state index in [0.717, 1.165) is 18.9 Å². The van der Waals surface area contributed by atoms with Gasteiger partial charge >= 0.3 is 0 Å². The first-order valence-electron chi connectivity index (χ1n) is 5.93. The Bertz CT molecular complexity index is 278. The molecule has 1 amide bonds. The fraction of sp³-hybridized carbons (Fsp3) is 0.909. The molecule has 3 fully saturated rings. The van der Waals surface area contributed by atoms with Crippen LogP contribution in [0.1, 0.15) is 26.2 Å². The fourth-order valence-electron chi connectivity index (χ4n) is 2.74. The summed E-state index contributed by atoms with van der Waals surface area (Å²) >= 11 is 0. The van der Waals surface area contributed by atoms with E-state index in [0.29, 0.717) is 18.8 Å². The molecular formula is C11H18N2O2. The number of amides is 1. The van der Waals surface area contributed by atoms with Crippen LogP contribution < -0.4 is 5.32 Å². The van der Waals surface area contributed by atoms with Crippen LogP contribution in [0.25, 0.3) is 0 Å². The maximum atomic E-state index is 11.9. The van der Waals surface area contributed by atoms with Crippen molar-refractivity contribution in [3.05, 3.63) is 0 Å². The summed E-state index contributed by atoms with van der Waals surface area (Å²) in [5, 5.41) is 3.20. The Kier molecular flexibility index (Phi) is 2.21. The molecule has 3 unspecified atom stereocenters. The summed E-state index contributed by atoms with van der Waals surface area (Å²) in [6.45, 7) is 3.46. The fourth-order valence-corrected chi connectivity index (χ4v) is 2.74. The van der Waals surface area contributed by atoms with Crippen molar-refractivity contribution in [1.82, 2.24) is 10.2 Å². The maximum Gasteiger partial charge on any atom is 0.240 e. The third kappa shape index (κ3) is 1.56. The van der Waals surface area contributed by atoms with Gasteiger partial charge in [-0.05, 0) is 32.1 Å². The van der Waals surface area contributed by atoms with E-state index in [1.807, 2.05) is 11.8 Å². The molecule has 4 nitrogen and oxygen atoms in total. The number of carbonyl (C=O) groups excluding carboxylic acids is 1. The lowest BCUT2D eigenvalue weighted by Crippen LogP contribution is -2.43. The van der Waals surface area contributed by atoms with Crippen molar-refractivity contribution >= 4 is 5.91 Å². The highest BCUT2D eigenvalue weighted by molar-refractivity contribution is 5.83. The Morgan fingerprint density at radius 3 is 2.80 bits per heavy atom. The molecule has 84 valence electrons. The molecule has 3 rings (SSSR count). The Morgan fingerprint density at radius 1 is 1.40 bits per heavy atom. The summed E-state index contributed by atoms with van der Waals surface area (Å²) in [6.07, 6.45) is 3.90. The summed E-state index contributed by atoms with van der Waals surface area (Å²) in [7, 11) is 0. The van der Waals surface area contributed by atoms with Gasteiger partial charge in [0.05, 0.1) is 24.9 Å². The van der Waals surface area contributed by atoms with E-state index in [1.54, 1.807) is 0 Å². The lowest BCUT2D eigenvalue weighted by atomic mass is 10.0.